The maximum atomic E-state index is 5.42. The third-order valence-electron chi connectivity index (χ3n) is 3.49. The van der Waals surface area contributed by atoms with Crippen molar-refractivity contribution in [2.24, 2.45) is 11.8 Å². The predicted octanol–water partition coefficient (Wildman–Crippen LogP) is 1.94. The van der Waals surface area contributed by atoms with Gasteiger partial charge in [-0.2, -0.15) is 15.0 Å². The smallest absolute Gasteiger partial charge is 0.323 e. The van der Waals surface area contributed by atoms with E-state index in [0.29, 0.717) is 24.5 Å². The van der Waals surface area contributed by atoms with E-state index in [1.165, 1.54) is 25.7 Å². The van der Waals surface area contributed by atoms with E-state index in [0.717, 1.165) is 25.3 Å². The number of hydrogen-bond donors (Lipinski definition) is 3. The topological polar surface area (TPSA) is 98.0 Å². The van der Waals surface area contributed by atoms with Crippen molar-refractivity contribution >= 4 is 11.9 Å². The first-order valence-corrected chi connectivity index (χ1v) is 7.41. The summed E-state index contributed by atoms with van der Waals surface area (Å²) in [7, 11) is 0. The van der Waals surface area contributed by atoms with Crippen LogP contribution in [0.3, 0.4) is 0 Å². The molecule has 20 heavy (non-hydrogen) atoms. The summed E-state index contributed by atoms with van der Waals surface area (Å²) in [6.07, 6.45) is 7.49. The molecule has 1 aromatic heterocycles. The highest BCUT2D eigenvalue weighted by Gasteiger charge is 2.14. The monoisotopic (exact) mass is 280 g/mol. The SMILES string of the molecule is CCCOc1nc(NN)nc(NCCC2CCCC2)n1. The Morgan fingerprint density at radius 1 is 1.20 bits per heavy atom. The molecule has 1 saturated carbocycles. The molecule has 1 aromatic rings. The minimum absolute atomic E-state index is 0.304. The van der Waals surface area contributed by atoms with Crippen LogP contribution in [0.1, 0.15) is 45.4 Å². The lowest BCUT2D eigenvalue weighted by Crippen LogP contribution is -2.15. The first-order chi connectivity index (χ1) is 9.81. The number of nitrogens with two attached hydrogens (primary N) is 1. The molecule has 0 atom stereocenters. The lowest BCUT2D eigenvalue weighted by atomic mass is 10.0. The van der Waals surface area contributed by atoms with Crippen molar-refractivity contribution < 1.29 is 4.74 Å². The molecule has 1 fully saturated rings. The Morgan fingerprint density at radius 2 is 1.95 bits per heavy atom. The van der Waals surface area contributed by atoms with Gasteiger partial charge >= 0.3 is 6.01 Å². The number of hydrogen-bond acceptors (Lipinski definition) is 7. The third-order valence-corrected chi connectivity index (χ3v) is 3.49. The molecule has 0 aliphatic heterocycles. The summed E-state index contributed by atoms with van der Waals surface area (Å²) in [4.78, 5) is 12.5. The Hall–Kier alpha value is -1.63. The van der Waals surface area contributed by atoms with E-state index in [2.05, 4.69) is 25.7 Å². The lowest BCUT2D eigenvalue weighted by Gasteiger charge is -2.11. The van der Waals surface area contributed by atoms with Gasteiger partial charge in [-0.3, -0.25) is 5.43 Å². The van der Waals surface area contributed by atoms with Crippen molar-refractivity contribution in [3.63, 3.8) is 0 Å². The van der Waals surface area contributed by atoms with Crippen LogP contribution in [0, 0.1) is 5.92 Å². The fraction of sp³-hybridized carbons (Fsp3) is 0.769. The summed E-state index contributed by atoms with van der Waals surface area (Å²) >= 11 is 0. The normalized spacial score (nSPS) is 15.3. The standard InChI is InChI=1S/C13H24N6O/c1-2-9-20-13-17-11(16-12(18-13)19-14)15-8-7-10-5-3-4-6-10/h10H,2-9,14H2,1H3,(H2,15,16,17,18,19). The molecule has 0 spiro atoms. The molecule has 7 heteroatoms. The molecule has 0 unspecified atom stereocenters. The fourth-order valence-corrected chi connectivity index (χ4v) is 2.45. The highest BCUT2D eigenvalue weighted by molar-refractivity contribution is 5.34. The number of hydrazine groups is 1. The van der Waals surface area contributed by atoms with Gasteiger partial charge < -0.3 is 10.1 Å². The average Bonchev–Trinajstić information content (AvgIpc) is 2.98. The molecular formula is C13H24N6O. The Bertz CT molecular complexity index is 408. The minimum atomic E-state index is 0.304. The highest BCUT2D eigenvalue weighted by Crippen LogP contribution is 2.27. The van der Waals surface area contributed by atoms with E-state index < -0.39 is 0 Å². The molecule has 4 N–H and O–H groups in total. The van der Waals surface area contributed by atoms with Gasteiger partial charge in [0.2, 0.25) is 11.9 Å². The molecule has 0 bridgehead atoms. The average molecular weight is 280 g/mol. The largest absolute Gasteiger partial charge is 0.463 e. The van der Waals surface area contributed by atoms with Gasteiger partial charge in [-0.05, 0) is 18.8 Å². The first-order valence-electron chi connectivity index (χ1n) is 7.41. The number of nitrogens with one attached hydrogen (secondary N) is 2. The minimum Gasteiger partial charge on any atom is -0.463 e. The van der Waals surface area contributed by atoms with Gasteiger partial charge in [-0.15, -0.1) is 0 Å². The molecule has 0 saturated heterocycles. The summed E-state index contributed by atoms with van der Waals surface area (Å²) in [5.41, 5.74) is 2.43. The quantitative estimate of drug-likeness (QED) is 0.494. The second-order valence-electron chi connectivity index (χ2n) is 5.12. The van der Waals surface area contributed by atoms with Crippen LogP contribution in [0.15, 0.2) is 0 Å². The summed E-state index contributed by atoms with van der Waals surface area (Å²) in [5, 5.41) is 3.23. The molecular weight excluding hydrogens is 256 g/mol. The molecule has 0 aromatic carbocycles. The Labute approximate surface area is 119 Å². The summed E-state index contributed by atoms with van der Waals surface area (Å²) in [6, 6.07) is 0.304. The van der Waals surface area contributed by atoms with Crippen molar-refractivity contribution in [3.8, 4) is 6.01 Å². The summed E-state index contributed by atoms with van der Waals surface area (Å²) < 4.78 is 5.42. The van der Waals surface area contributed by atoms with Gasteiger partial charge in [0.25, 0.3) is 0 Å². The van der Waals surface area contributed by atoms with Crippen LogP contribution in [-0.2, 0) is 0 Å². The van der Waals surface area contributed by atoms with Gasteiger partial charge in [-0.25, -0.2) is 5.84 Å². The van der Waals surface area contributed by atoms with E-state index in [-0.39, 0.29) is 0 Å². The summed E-state index contributed by atoms with van der Waals surface area (Å²) in [6.45, 7) is 3.48. The van der Waals surface area contributed by atoms with Crippen LogP contribution in [0.25, 0.3) is 0 Å². The molecule has 2 rings (SSSR count). The van der Waals surface area contributed by atoms with Crippen LogP contribution in [-0.4, -0.2) is 28.1 Å². The van der Waals surface area contributed by atoms with Crippen LogP contribution in [0.5, 0.6) is 6.01 Å². The van der Waals surface area contributed by atoms with Crippen molar-refractivity contribution in [2.75, 3.05) is 23.9 Å². The number of rotatable bonds is 8. The zero-order chi connectivity index (χ0) is 14.2. The number of nitrogens with zero attached hydrogens (tertiary/aromatic N) is 3. The molecule has 1 aliphatic carbocycles. The van der Waals surface area contributed by atoms with E-state index >= 15 is 0 Å². The van der Waals surface area contributed by atoms with Crippen LogP contribution in [0.4, 0.5) is 11.9 Å². The Kier molecular flexibility index (Phi) is 5.79. The van der Waals surface area contributed by atoms with Crippen LogP contribution >= 0.6 is 0 Å². The maximum absolute atomic E-state index is 5.42. The second kappa shape index (κ2) is 7.84. The maximum Gasteiger partial charge on any atom is 0.323 e. The Morgan fingerprint density at radius 3 is 2.65 bits per heavy atom. The Balaban J connectivity index is 1.87. The zero-order valence-corrected chi connectivity index (χ0v) is 12.1. The predicted molar refractivity (Wildman–Crippen MR) is 78.5 cm³/mol. The number of ether oxygens (including phenoxy) is 1. The van der Waals surface area contributed by atoms with Crippen molar-refractivity contribution in [2.45, 2.75) is 45.4 Å². The number of anilines is 2. The van der Waals surface area contributed by atoms with Crippen molar-refractivity contribution in [3.05, 3.63) is 0 Å². The van der Waals surface area contributed by atoms with Gasteiger partial charge in [0, 0.05) is 6.54 Å². The second-order valence-corrected chi connectivity index (χ2v) is 5.12. The fourth-order valence-electron chi connectivity index (χ4n) is 2.45. The van der Waals surface area contributed by atoms with E-state index in [9.17, 15) is 0 Å². The van der Waals surface area contributed by atoms with Gasteiger partial charge in [0.1, 0.15) is 0 Å². The molecule has 1 aliphatic rings. The van der Waals surface area contributed by atoms with Gasteiger partial charge in [0.15, 0.2) is 0 Å². The highest BCUT2D eigenvalue weighted by atomic mass is 16.5. The molecule has 0 radical (unpaired) electrons. The summed E-state index contributed by atoms with van der Waals surface area (Å²) in [5.74, 6) is 7.02. The van der Waals surface area contributed by atoms with E-state index in [1.807, 2.05) is 6.92 Å². The molecule has 1 heterocycles. The molecule has 112 valence electrons. The van der Waals surface area contributed by atoms with Gasteiger partial charge in [0.05, 0.1) is 6.61 Å². The third kappa shape index (κ3) is 4.48. The van der Waals surface area contributed by atoms with Crippen LogP contribution in [0.2, 0.25) is 0 Å². The number of aromatic nitrogens is 3. The zero-order valence-electron chi connectivity index (χ0n) is 12.1. The van der Waals surface area contributed by atoms with Crippen molar-refractivity contribution in [1.29, 1.82) is 0 Å². The molecule has 0 amide bonds. The van der Waals surface area contributed by atoms with E-state index in [1.54, 1.807) is 0 Å². The van der Waals surface area contributed by atoms with Crippen molar-refractivity contribution in [1.82, 2.24) is 15.0 Å². The molecule has 7 nitrogen and oxygen atoms in total. The van der Waals surface area contributed by atoms with E-state index in [4.69, 9.17) is 10.6 Å². The number of nitrogen functional groups attached to an aromatic ring is 1. The van der Waals surface area contributed by atoms with Gasteiger partial charge in [-0.1, -0.05) is 32.6 Å². The lowest BCUT2D eigenvalue weighted by molar-refractivity contribution is 0.292. The van der Waals surface area contributed by atoms with Crippen LogP contribution < -0.4 is 21.3 Å². The first kappa shape index (κ1) is 14.8.